The summed E-state index contributed by atoms with van der Waals surface area (Å²) < 4.78 is 5.14. The summed E-state index contributed by atoms with van der Waals surface area (Å²) in [6, 6.07) is 2.97. The molecule has 0 saturated carbocycles. The number of carboxylic acids is 1. The van der Waals surface area contributed by atoms with E-state index in [4.69, 9.17) is 9.84 Å². The highest BCUT2D eigenvalue weighted by Crippen LogP contribution is 2.15. The monoisotopic (exact) mass is 286 g/mol. The fourth-order valence-corrected chi connectivity index (χ4v) is 2.12. The zero-order valence-electron chi connectivity index (χ0n) is 10.8. The molecule has 19 heavy (non-hydrogen) atoms. The molecule has 0 aliphatic carbocycles. The van der Waals surface area contributed by atoms with Gasteiger partial charge in [-0.15, -0.1) is 11.3 Å². The molecule has 1 rings (SSSR count). The summed E-state index contributed by atoms with van der Waals surface area (Å²) in [6.07, 6.45) is 0.767. The lowest BCUT2D eigenvalue weighted by molar-refractivity contribution is 0.0702. The Morgan fingerprint density at radius 1 is 1.37 bits per heavy atom. The van der Waals surface area contributed by atoms with Crippen molar-refractivity contribution >= 4 is 23.3 Å². The maximum Gasteiger partial charge on any atom is 0.345 e. The molecular weight excluding hydrogens is 268 g/mol. The van der Waals surface area contributed by atoms with Crippen LogP contribution in [0.2, 0.25) is 0 Å². The van der Waals surface area contributed by atoms with Crippen molar-refractivity contribution in [1.82, 2.24) is 10.6 Å². The van der Waals surface area contributed by atoms with Crippen LogP contribution in [0.15, 0.2) is 12.1 Å². The smallest absolute Gasteiger partial charge is 0.345 e. The van der Waals surface area contributed by atoms with Gasteiger partial charge in [-0.2, -0.15) is 0 Å². The predicted octanol–water partition coefficient (Wildman–Crippen LogP) is 1.67. The van der Waals surface area contributed by atoms with Crippen LogP contribution in [0.25, 0.3) is 0 Å². The highest BCUT2D eigenvalue weighted by Gasteiger charge is 2.07. The first-order valence-corrected chi connectivity index (χ1v) is 6.86. The number of ether oxygens (including phenoxy) is 1. The molecule has 0 atom stereocenters. The van der Waals surface area contributed by atoms with Crippen LogP contribution in [-0.4, -0.2) is 36.9 Å². The number of rotatable bonds is 8. The summed E-state index contributed by atoms with van der Waals surface area (Å²) in [6.45, 7) is 4.11. The second-order valence-electron chi connectivity index (χ2n) is 3.73. The van der Waals surface area contributed by atoms with Crippen LogP contribution >= 0.6 is 11.3 Å². The number of nitrogens with one attached hydrogen (secondary N) is 2. The maximum absolute atomic E-state index is 11.4. The van der Waals surface area contributed by atoms with Gasteiger partial charge in [0, 0.05) is 24.6 Å². The molecule has 3 N–H and O–H groups in total. The topological polar surface area (TPSA) is 87.7 Å². The van der Waals surface area contributed by atoms with E-state index in [2.05, 4.69) is 10.6 Å². The molecule has 0 aliphatic rings. The summed E-state index contributed by atoms with van der Waals surface area (Å²) in [5, 5.41) is 14.1. The third kappa shape index (κ3) is 6.21. The number of aromatic carboxylic acids is 1. The van der Waals surface area contributed by atoms with Gasteiger partial charge in [-0.3, -0.25) is 0 Å². The highest BCUT2D eigenvalue weighted by atomic mass is 32.1. The Hall–Kier alpha value is -1.60. The second kappa shape index (κ2) is 8.49. The Balaban J connectivity index is 2.17. The molecule has 1 heterocycles. The molecule has 1 aromatic rings. The summed E-state index contributed by atoms with van der Waals surface area (Å²) in [5.74, 6) is -0.948. The van der Waals surface area contributed by atoms with Gasteiger partial charge in [0.2, 0.25) is 0 Å². The second-order valence-corrected chi connectivity index (χ2v) is 4.90. The normalized spacial score (nSPS) is 10.2. The largest absolute Gasteiger partial charge is 0.477 e. The van der Waals surface area contributed by atoms with Gasteiger partial charge < -0.3 is 20.5 Å². The van der Waals surface area contributed by atoms with Gasteiger partial charge in [-0.05, 0) is 25.5 Å². The zero-order chi connectivity index (χ0) is 14.1. The number of carboxylic acid groups (broad SMARTS) is 1. The Morgan fingerprint density at radius 3 is 2.79 bits per heavy atom. The van der Waals surface area contributed by atoms with Gasteiger partial charge in [-0.1, -0.05) is 0 Å². The van der Waals surface area contributed by atoms with Gasteiger partial charge in [-0.25, -0.2) is 9.59 Å². The zero-order valence-corrected chi connectivity index (χ0v) is 11.6. The van der Waals surface area contributed by atoms with Gasteiger partial charge in [0.1, 0.15) is 4.88 Å². The number of thiophene rings is 1. The average Bonchev–Trinajstić information content (AvgIpc) is 2.85. The summed E-state index contributed by atoms with van der Waals surface area (Å²) >= 11 is 1.16. The van der Waals surface area contributed by atoms with Crippen molar-refractivity contribution in [2.75, 3.05) is 19.8 Å². The summed E-state index contributed by atoms with van der Waals surface area (Å²) in [7, 11) is 0. The van der Waals surface area contributed by atoms with Crippen molar-refractivity contribution in [1.29, 1.82) is 0 Å². The first-order valence-electron chi connectivity index (χ1n) is 6.05. The lowest BCUT2D eigenvalue weighted by Gasteiger charge is -2.06. The Labute approximate surface area is 115 Å². The first kappa shape index (κ1) is 15.5. The van der Waals surface area contributed by atoms with Crippen LogP contribution in [0.4, 0.5) is 4.79 Å². The van der Waals surface area contributed by atoms with E-state index in [1.165, 1.54) is 6.07 Å². The summed E-state index contributed by atoms with van der Waals surface area (Å²) in [5.41, 5.74) is 0. The molecule has 0 radical (unpaired) electrons. The quantitative estimate of drug-likeness (QED) is 0.634. The van der Waals surface area contributed by atoms with Crippen molar-refractivity contribution in [3.8, 4) is 0 Å². The molecule has 106 valence electrons. The number of carbonyl (C=O) groups is 2. The molecule has 0 unspecified atom stereocenters. The third-order valence-electron chi connectivity index (χ3n) is 2.25. The van der Waals surface area contributed by atoms with Crippen LogP contribution in [0, 0.1) is 0 Å². The van der Waals surface area contributed by atoms with Crippen LogP contribution in [0.5, 0.6) is 0 Å². The van der Waals surface area contributed by atoms with Gasteiger partial charge in [0.05, 0.1) is 6.54 Å². The van der Waals surface area contributed by atoms with Crippen LogP contribution in [0.3, 0.4) is 0 Å². The minimum atomic E-state index is -0.948. The van der Waals surface area contributed by atoms with E-state index in [0.29, 0.717) is 26.3 Å². The minimum Gasteiger partial charge on any atom is -0.477 e. The van der Waals surface area contributed by atoms with Gasteiger partial charge in [0.15, 0.2) is 0 Å². The van der Waals surface area contributed by atoms with Gasteiger partial charge in [0.25, 0.3) is 0 Å². The van der Waals surface area contributed by atoms with Gasteiger partial charge >= 0.3 is 12.0 Å². The number of carbonyl (C=O) groups excluding carboxylic acids is 1. The molecule has 1 aromatic heterocycles. The molecule has 7 heteroatoms. The number of hydrogen-bond acceptors (Lipinski definition) is 4. The molecule has 2 amide bonds. The molecule has 0 aromatic carbocycles. The van der Waals surface area contributed by atoms with Crippen molar-refractivity contribution in [3.63, 3.8) is 0 Å². The maximum atomic E-state index is 11.4. The molecular formula is C12H18N2O4S. The van der Waals surface area contributed by atoms with E-state index in [1.54, 1.807) is 6.07 Å². The average molecular weight is 286 g/mol. The van der Waals surface area contributed by atoms with E-state index in [-0.39, 0.29) is 10.9 Å². The van der Waals surface area contributed by atoms with E-state index in [9.17, 15) is 9.59 Å². The first-order chi connectivity index (χ1) is 9.13. The SMILES string of the molecule is CCOCCCNC(=O)NCc1ccc(C(=O)O)s1. The van der Waals surface area contributed by atoms with Crippen molar-refractivity contribution in [2.24, 2.45) is 0 Å². The molecule has 0 spiro atoms. The van der Waals surface area contributed by atoms with E-state index < -0.39 is 5.97 Å². The summed E-state index contributed by atoms with van der Waals surface area (Å²) in [4.78, 5) is 23.2. The third-order valence-corrected chi connectivity index (χ3v) is 3.32. The van der Waals surface area contributed by atoms with Crippen molar-refractivity contribution in [2.45, 2.75) is 19.9 Å². The van der Waals surface area contributed by atoms with Crippen molar-refractivity contribution < 1.29 is 19.4 Å². The van der Waals surface area contributed by atoms with E-state index in [1.807, 2.05) is 6.92 Å². The minimum absolute atomic E-state index is 0.262. The molecule has 0 aliphatic heterocycles. The highest BCUT2D eigenvalue weighted by molar-refractivity contribution is 7.13. The number of amides is 2. The number of urea groups is 1. The number of hydrogen-bond donors (Lipinski definition) is 3. The molecule has 6 nitrogen and oxygen atoms in total. The lowest BCUT2D eigenvalue weighted by Crippen LogP contribution is -2.35. The molecule has 0 bridgehead atoms. The van der Waals surface area contributed by atoms with Crippen molar-refractivity contribution in [3.05, 3.63) is 21.9 Å². The van der Waals surface area contributed by atoms with E-state index in [0.717, 1.165) is 22.6 Å². The molecule has 0 saturated heterocycles. The van der Waals surface area contributed by atoms with Crippen LogP contribution in [0.1, 0.15) is 27.9 Å². The fourth-order valence-electron chi connectivity index (χ4n) is 1.34. The predicted molar refractivity (Wildman–Crippen MR) is 72.6 cm³/mol. The Morgan fingerprint density at radius 2 is 2.16 bits per heavy atom. The Bertz CT molecular complexity index is 420. The standard InChI is InChI=1S/C12H18N2O4S/c1-2-18-7-3-6-13-12(17)14-8-9-4-5-10(19-9)11(15)16/h4-5H,2-3,6-8H2,1H3,(H,15,16)(H2,13,14,17). The fraction of sp³-hybridized carbons (Fsp3) is 0.500. The van der Waals surface area contributed by atoms with Crippen LogP contribution in [-0.2, 0) is 11.3 Å². The van der Waals surface area contributed by atoms with E-state index >= 15 is 0 Å². The lowest BCUT2D eigenvalue weighted by atomic mass is 10.4. The molecule has 0 fully saturated rings. The van der Waals surface area contributed by atoms with Crippen LogP contribution < -0.4 is 10.6 Å². The Kier molecular flexibility index (Phi) is 6.91.